The van der Waals surface area contributed by atoms with Gasteiger partial charge in [0.1, 0.15) is 0 Å². The first kappa shape index (κ1) is 9.56. The van der Waals surface area contributed by atoms with Crippen molar-refractivity contribution in [3.8, 4) is 0 Å². The molecule has 2 unspecified atom stereocenters. The summed E-state index contributed by atoms with van der Waals surface area (Å²) in [5, 5.41) is 3.47. The Hall–Kier alpha value is -0.990. The smallest absolute Gasteiger partial charge is 0.200 e. The third kappa shape index (κ3) is 2.28. The average Bonchev–Trinajstić information content (AvgIpc) is 2.51. The van der Waals surface area contributed by atoms with Crippen LogP contribution in [0.3, 0.4) is 0 Å². The largest absolute Gasteiger partial charge is 0.353 e. The predicted octanol–water partition coefficient (Wildman–Crippen LogP) is 2.71. The third-order valence-electron chi connectivity index (χ3n) is 2.98. The van der Waals surface area contributed by atoms with Crippen molar-refractivity contribution in [3.05, 3.63) is 11.9 Å². The van der Waals surface area contributed by atoms with Crippen LogP contribution in [0.2, 0.25) is 0 Å². The standard InChI is InChI=1S/C11H19N3/c1-8-4-3-5-10(6-8)14-11-12-7-9(2)13-11/h7-8,10H,3-6H2,1-2H3,(H2,12,13,14). The van der Waals surface area contributed by atoms with Crippen molar-refractivity contribution in [2.45, 2.75) is 45.6 Å². The molecule has 0 spiro atoms. The number of aromatic nitrogens is 2. The number of anilines is 1. The highest BCUT2D eigenvalue weighted by Gasteiger charge is 2.18. The van der Waals surface area contributed by atoms with Crippen LogP contribution >= 0.6 is 0 Å². The number of rotatable bonds is 2. The van der Waals surface area contributed by atoms with E-state index in [-0.39, 0.29) is 0 Å². The Morgan fingerprint density at radius 1 is 1.50 bits per heavy atom. The second kappa shape index (κ2) is 4.03. The second-order valence-electron chi connectivity index (χ2n) is 4.53. The first-order chi connectivity index (χ1) is 6.74. The summed E-state index contributed by atoms with van der Waals surface area (Å²) < 4.78 is 0. The Labute approximate surface area is 85.3 Å². The zero-order chi connectivity index (χ0) is 9.97. The molecule has 1 fully saturated rings. The van der Waals surface area contributed by atoms with Crippen LogP contribution in [0.1, 0.15) is 38.3 Å². The third-order valence-corrected chi connectivity index (χ3v) is 2.98. The van der Waals surface area contributed by atoms with E-state index >= 15 is 0 Å². The van der Waals surface area contributed by atoms with Gasteiger partial charge >= 0.3 is 0 Å². The summed E-state index contributed by atoms with van der Waals surface area (Å²) in [5.41, 5.74) is 1.12. The topological polar surface area (TPSA) is 40.7 Å². The molecule has 1 aromatic rings. The molecule has 0 aliphatic heterocycles. The Kier molecular flexibility index (Phi) is 2.75. The van der Waals surface area contributed by atoms with Crippen LogP contribution in [0.15, 0.2) is 6.20 Å². The number of nitrogens with zero attached hydrogens (tertiary/aromatic N) is 1. The van der Waals surface area contributed by atoms with E-state index in [0.717, 1.165) is 17.6 Å². The number of hydrogen-bond acceptors (Lipinski definition) is 2. The lowest BCUT2D eigenvalue weighted by Gasteiger charge is -2.27. The summed E-state index contributed by atoms with van der Waals surface area (Å²) in [5.74, 6) is 1.79. The molecule has 1 aliphatic carbocycles. The van der Waals surface area contributed by atoms with Gasteiger partial charge in [0.05, 0.1) is 0 Å². The van der Waals surface area contributed by atoms with Crippen LogP contribution in [0.5, 0.6) is 0 Å². The Morgan fingerprint density at radius 3 is 3.00 bits per heavy atom. The lowest BCUT2D eigenvalue weighted by molar-refractivity contribution is 0.358. The number of hydrogen-bond donors (Lipinski definition) is 2. The molecule has 14 heavy (non-hydrogen) atoms. The van der Waals surface area contributed by atoms with Gasteiger partial charge < -0.3 is 10.3 Å². The average molecular weight is 193 g/mol. The van der Waals surface area contributed by atoms with Gasteiger partial charge in [-0.15, -0.1) is 0 Å². The highest BCUT2D eigenvalue weighted by atomic mass is 15.1. The van der Waals surface area contributed by atoms with E-state index in [1.54, 1.807) is 0 Å². The second-order valence-corrected chi connectivity index (χ2v) is 4.53. The van der Waals surface area contributed by atoms with Crippen molar-refractivity contribution in [3.63, 3.8) is 0 Å². The van der Waals surface area contributed by atoms with Gasteiger partial charge in [-0.1, -0.05) is 19.8 Å². The molecule has 2 rings (SSSR count). The van der Waals surface area contributed by atoms with E-state index in [4.69, 9.17) is 0 Å². The van der Waals surface area contributed by atoms with Crippen molar-refractivity contribution in [2.24, 2.45) is 5.92 Å². The van der Waals surface area contributed by atoms with Gasteiger partial charge in [-0.2, -0.15) is 0 Å². The van der Waals surface area contributed by atoms with Crippen molar-refractivity contribution in [1.82, 2.24) is 9.97 Å². The minimum atomic E-state index is 0.615. The monoisotopic (exact) mass is 193 g/mol. The van der Waals surface area contributed by atoms with Gasteiger partial charge in [0.15, 0.2) is 0 Å². The highest BCUT2D eigenvalue weighted by Crippen LogP contribution is 2.25. The fourth-order valence-electron chi connectivity index (χ4n) is 2.24. The molecule has 0 amide bonds. The van der Waals surface area contributed by atoms with E-state index < -0.39 is 0 Å². The Balaban J connectivity index is 1.90. The predicted molar refractivity (Wildman–Crippen MR) is 58.4 cm³/mol. The maximum atomic E-state index is 4.27. The lowest BCUT2D eigenvalue weighted by atomic mass is 9.87. The number of aromatic amines is 1. The molecule has 1 aromatic heterocycles. The molecule has 78 valence electrons. The van der Waals surface area contributed by atoms with Crippen LogP contribution in [-0.2, 0) is 0 Å². The van der Waals surface area contributed by atoms with Crippen molar-refractivity contribution in [2.75, 3.05) is 5.32 Å². The minimum Gasteiger partial charge on any atom is -0.353 e. The number of nitrogens with one attached hydrogen (secondary N) is 2. The summed E-state index contributed by atoms with van der Waals surface area (Å²) in [7, 11) is 0. The van der Waals surface area contributed by atoms with Crippen LogP contribution < -0.4 is 5.32 Å². The van der Waals surface area contributed by atoms with E-state index in [9.17, 15) is 0 Å². The Morgan fingerprint density at radius 2 is 2.36 bits per heavy atom. The number of H-pyrrole nitrogens is 1. The summed E-state index contributed by atoms with van der Waals surface area (Å²) in [6, 6.07) is 0.615. The molecule has 2 atom stereocenters. The zero-order valence-electron chi connectivity index (χ0n) is 9.01. The number of imidazole rings is 1. The molecule has 1 aliphatic rings. The molecule has 1 heterocycles. The van der Waals surface area contributed by atoms with Gasteiger partial charge in [-0.25, -0.2) is 4.98 Å². The van der Waals surface area contributed by atoms with Crippen LogP contribution in [0, 0.1) is 12.8 Å². The molecule has 3 heteroatoms. The molecule has 0 bridgehead atoms. The normalized spacial score (nSPS) is 27.6. The fraction of sp³-hybridized carbons (Fsp3) is 0.727. The van der Waals surface area contributed by atoms with Gasteiger partial charge in [-0.3, -0.25) is 0 Å². The van der Waals surface area contributed by atoms with Crippen molar-refractivity contribution >= 4 is 5.95 Å². The fourth-order valence-corrected chi connectivity index (χ4v) is 2.24. The lowest BCUT2D eigenvalue weighted by Crippen LogP contribution is -2.26. The molecule has 0 radical (unpaired) electrons. The first-order valence-electron chi connectivity index (χ1n) is 5.52. The van der Waals surface area contributed by atoms with E-state index in [1.165, 1.54) is 25.7 Å². The summed E-state index contributed by atoms with van der Waals surface area (Å²) in [6.45, 7) is 4.36. The molecule has 2 N–H and O–H groups in total. The highest BCUT2D eigenvalue weighted by molar-refractivity contribution is 5.27. The van der Waals surface area contributed by atoms with Crippen molar-refractivity contribution in [1.29, 1.82) is 0 Å². The number of aryl methyl sites for hydroxylation is 1. The Bertz CT molecular complexity index is 292. The van der Waals surface area contributed by atoms with Gasteiger partial charge in [-0.05, 0) is 25.7 Å². The van der Waals surface area contributed by atoms with Crippen LogP contribution in [0.4, 0.5) is 5.95 Å². The van der Waals surface area contributed by atoms with Crippen LogP contribution in [0.25, 0.3) is 0 Å². The minimum absolute atomic E-state index is 0.615. The molecule has 1 saturated carbocycles. The van der Waals surface area contributed by atoms with Gasteiger partial charge in [0.2, 0.25) is 5.95 Å². The van der Waals surface area contributed by atoms with E-state index in [2.05, 4.69) is 22.2 Å². The molecular weight excluding hydrogens is 174 g/mol. The summed E-state index contributed by atoms with van der Waals surface area (Å²) >= 11 is 0. The maximum absolute atomic E-state index is 4.27. The van der Waals surface area contributed by atoms with E-state index in [1.807, 2.05) is 13.1 Å². The van der Waals surface area contributed by atoms with E-state index in [0.29, 0.717) is 6.04 Å². The summed E-state index contributed by atoms with van der Waals surface area (Å²) in [6.07, 6.45) is 7.16. The maximum Gasteiger partial charge on any atom is 0.200 e. The van der Waals surface area contributed by atoms with Crippen LogP contribution in [-0.4, -0.2) is 16.0 Å². The van der Waals surface area contributed by atoms with Gasteiger partial charge in [0, 0.05) is 17.9 Å². The van der Waals surface area contributed by atoms with Gasteiger partial charge in [0.25, 0.3) is 0 Å². The van der Waals surface area contributed by atoms with Crippen molar-refractivity contribution < 1.29 is 0 Å². The SMILES string of the molecule is Cc1cnc(NC2CCCC(C)C2)[nH]1. The molecule has 0 saturated heterocycles. The quantitative estimate of drug-likeness (QED) is 0.758. The molecule has 0 aromatic carbocycles. The zero-order valence-corrected chi connectivity index (χ0v) is 9.01. The molecule has 3 nitrogen and oxygen atoms in total. The first-order valence-corrected chi connectivity index (χ1v) is 5.52. The molecular formula is C11H19N3. The summed E-state index contributed by atoms with van der Waals surface area (Å²) in [4.78, 5) is 7.48.